The number of piperidine rings is 1. The van der Waals surface area contributed by atoms with Crippen LogP contribution in [0.1, 0.15) is 48.9 Å². The molecule has 0 aliphatic carbocycles. The van der Waals surface area contributed by atoms with Crippen molar-refractivity contribution in [3.05, 3.63) is 123 Å². The molecule has 3 aromatic carbocycles. The third-order valence-corrected chi connectivity index (χ3v) is 8.78. The summed E-state index contributed by atoms with van der Waals surface area (Å²) in [5.41, 5.74) is 3.10. The molecule has 2 N–H and O–H groups in total. The lowest BCUT2D eigenvalue weighted by atomic mass is 9.68. The molecule has 45 heavy (non-hydrogen) atoms. The van der Waals surface area contributed by atoms with Gasteiger partial charge in [0.15, 0.2) is 0 Å². The molecule has 0 spiro atoms. The lowest BCUT2D eigenvalue weighted by molar-refractivity contribution is -0.384. The Balaban J connectivity index is 1.23. The van der Waals surface area contributed by atoms with Crippen LogP contribution in [0.2, 0.25) is 0 Å². The Hall–Kier alpha value is -5.03. The normalized spacial score (nSPS) is 18.2. The van der Waals surface area contributed by atoms with Gasteiger partial charge in [-0.1, -0.05) is 60.7 Å². The number of likely N-dealkylation sites (tertiary alicyclic amines) is 1. The molecule has 234 valence electrons. The molecule has 2 heterocycles. The molecule has 2 aliphatic rings. The summed E-state index contributed by atoms with van der Waals surface area (Å²) in [4.78, 5) is 53.3. The number of nitro benzene ring substituents is 1. The van der Waals surface area contributed by atoms with Gasteiger partial charge in [0.2, 0.25) is 0 Å². The summed E-state index contributed by atoms with van der Waals surface area (Å²) in [5.74, 6) is -0.721. The summed E-state index contributed by atoms with van der Waals surface area (Å²) < 4.78 is 4.95. The summed E-state index contributed by atoms with van der Waals surface area (Å²) in [6, 6.07) is 24.2. The van der Waals surface area contributed by atoms with Gasteiger partial charge >= 0.3 is 18.0 Å². The molecule has 0 aromatic heterocycles. The summed E-state index contributed by atoms with van der Waals surface area (Å²) in [6.07, 6.45) is 2.60. The van der Waals surface area contributed by atoms with E-state index in [4.69, 9.17) is 4.74 Å². The maximum Gasteiger partial charge on any atom is 0.337 e. The number of nitro groups is 1. The largest absolute Gasteiger partial charge is 0.466 e. The minimum Gasteiger partial charge on any atom is -0.466 e. The van der Waals surface area contributed by atoms with Crippen LogP contribution in [0.3, 0.4) is 0 Å². The third-order valence-electron chi connectivity index (χ3n) is 8.78. The first-order chi connectivity index (χ1) is 21.7. The molecule has 5 rings (SSSR count). The van der Waals surface area contributed by atoms with E-state index in [0.29, 0.717) is 18.5 Å². The Bertz CT molecular complexity index is 1530. The van der Waals surface area contributed by atoms with Crippen LogP contribution in [0, 0.1) is 10.1 Å². The van der Waals surface area contributed by atoms with Crippen molar-refractivity contribution >= 4 is 23.7 Å². The number of methoxy groups -OCH3 is 1. The van der Waals surface area contributed by atoms with Crippen molar-refractivity contribution in [2.45, 2.75) is 37.6 Å². The maximum absolute atomic E-state index is 13.4. The number of hydrogen-bond acceptors (Lipinski definition) is 7. The number of rotatable bonds is 9. The summed E-state index contributed by atoms with van der Waals surface area (Å²) in [7, 11) is 1.21. The molecule has 0 radical (unpaired) electrons. The topological polar surface area (TPSA) is 134 Å². The number of carbonyl (C=O) groups is 3. The number of allylic oxidation sites excluding steroid dienone is 1. The van der Waals surface area contributed by atoms with Gasteiger partial charge in [-0.3, -0.25) is 10.1 Å². The number of esters is 1. The SMILES string of the molecule is COC(=O)C1=C(C)NC(=O)N(C(=O)NCCCN2CCC(c3ccccc3)(c3ccccc3)CC2)C1c1ccc([N+](=O)[O-])cc1. The van der Waals surface area contributed by atoms with Crippen molar-refractivity contribution in [1.82, 2.24) is 20.4 Å². The van der Waals surface area contributed by atoms with Gasteiger partial charge in [0, 0.05) is 29.8 Å². The average Bonchev–Trinajstić information content (AvgIpc) is 3.07. The summed E-state index contributed by atoms with van der Waals surface area (Å²) >= 11 is 0. The molecule has 11 heteroatoms. The molecule has 1 saturated heterocycles. The minimum atomic E-state index is -1.13. The average molecular weight is 612 g/mol. The van der Waals surface area contributed by atoms with Crippen molar-refractivity contribution in [1.29, 1.82) is 0 Å². The van der Waals surface area contributed by atoms with E-state index in [1.54, 1.807) is 6.92 Å². The fraction of sp³-hybridized carbons (Fsp3) is 0.324. The Morgan fingerprint density at radius 1 is 0.978 bits per heavy atom. The van der Waals surface area contributed by atoms with E-state index in [-0.39, 0.29) is 22.4 Å². The van der Waals surface area contributed by atoms with E-state index >= 15 is 0 Å². The van der Waals surface area contributed by atoms with E-state index in [1.165, 1.54) is 42.5 Å². The van der Waals surface area contributed by atoms with Crippen LogP contribution in [0.25, 0.3) is 0 Å². The first kappa shape index (κ1) is 31.4. The van der Waals surface area contributed by atoms with Crippen LogP contribution < -0.4 is 10.6 Å². The molecular weight excluding hydrogens is 574 g/mol. The van der Waals surface area contributed by atoms with Crippen molar-refractivity contribution in [2.24, 2.45) is 0 Å². The maximum atomic E-state index is 13.4. The molecule has 2 aliphatic heterocycles. The highest BCUT2D eigenvalue weighted by molar-refractivity contribution is 6.01. The fourth-order valence-electron chi connectivity index (χ4n) is 6.42. The second kappa shape index (κ2) is 13.7. The van der Waals surface area contributed by atoms with Crippen molar-refractivity contribution in [3.8, 4) is 0 Å². The van der Waals surface area contributed by atoms with Crippen molar-refractivity contribution < 1.29 is 24.0 Å². The first-order valence-corrected chi connectivity index (χ1v) is 15.0. The number of non-ortho nitro benzene ring substituents is 1. The summed E-state index contributed by atoms with van der Waals surface area (Å²) in [5, 5.41) is 16.6. The highest BCUT2D eigenvalue weighted by Gasteiger charge is 2.42. The molecule has 1 atom stereocenters. The molecule has 1 unspecified atom stereocenters. The predicted molar refractivity (Wildman–Crippen MR) is 168 cm³/mol. The lowest BCUT2D eigenvalue weighted by Gasteiger charge is -2.43. The van der Waals surface area contributed by atoms with Gasteiger partial charge in [-0.15, -0.1) is 0 Å². The van der Waals surface area contributed by atoms with Gasteiger partial charge in [0.1, 0.15) is 6.04 Å². The third kappa shape index (κ3) is 6.58. The smallest absolute Gasteiger partial charge is 0.337 e. The Morgan fingerprint density at radius 2 is 1.56 bits per heavy atom. The lowest BCUT2D eigenvalue weighted by Crippen LogP contribution is -2.54. The number of amides is 4. The Morgan fingerprint density at radius 3 is 2.09 bits per heavy atom. The van der Waals surface area contributed by atoms with Gasteiger partial charge < -0.3 is 20.3 Å². The number of urea groups is 2. The molecule has 11 nitrogen and oxygen atoms in total. The number of benzene rings is 3. The molecule has 3 aromatic rings. The standard InChI is InChI=1S/C34H37N5O6/c1-24-29(31(40)45-2)30(25-14-16-28(17-15-25)39(43)44)38(33(42)36-24)32(41)35-20-9-21-37-22-18-34(19-23-37,26-10-5-3-6-11-26)27-12-7-4-8-13-27/h3-8,10-17,30H,9,18-23H2,1-2H3,(H,35,41)(H,36,42). The zero-order valence-corrected chi connectivity index (χ0v) is 25.4. The van der Waals surface area contributed by atoms with Crippen molar-refractivity contribution in [2.75, 3.05) is 33.3 Å². The van der Waals surface area contributed by atoms with Gasteiger partial charge in [0.05, 0.1) is 17.6 Å². The Kier molecular flexibility index (Phi) is 9.58. The monoisotopic (exact) mass is 611 g/mol. The number of nitrogens with one attached hydrogen (secondary N) is 2. The molecule has 4 amide bonds. The van der Waals surface area contributed by atoms with Crippen LogP contribution in [-0.4, -0.2) is 66.0 Å². The van der Waals surface area contributed by atoms with Gasteiger partial charge in [0.25, 0.3) is 5.69 Å². The molecule has 0 bridgehead atoms. The minimum absolute atomic E-state index is 0.0509. The second-order valence-electron chi connectivity index (χ2n) is 11.3. The Labute approximate surface area is 262 Å². The van der Waals surface area contributed by atoms with Gasteiger partial charge in [-0.25, -0.2) is 19.3 Å². The van der Waals surface area contributed by atoms with Crippen molar-refractivity contribution in [3.63, 3.8) is 0 Å². The molecular formula is C34H37N5O6. The van der Waals surface area contributed by atoms with Crippen LogP contribution in [0.4, 0.5) is 15.3 Å². The van der Waals surface area contributed by atoms with Crippen LogP contribution in [-0.2, 0) is 14.9 Å². The van der Waals surface area contributed by atoms with Crippen LogP contribution in [0.5, 0.6) is 0 Å². The number of imide groups is 1. The number of carbonyl (C=O) groups excluding carboxylic acids is 3. The second-order valence-corrected chi connectivity index (χ2v) is 11.3. The zero-order chi connectivity index (χ0) is 32.0. The highest BCUT2D eigenvalue weighted by Crippen LogP contribution is 2.41. The predicted octanol–water partition coefficient (Wildman–Crippen LogP) is 5.29. The van der Waals surface area contributed by atoms with Crippen LogP contribution in [0.15, 0.2) is 96.2 Å². The number of hydrogen-bond donors (Lipinski definition) is 2. The molecule has 1 fully saturated rings. The van der Waals surface area contributed by atoms with E-state index in [9.17, 15) is 24.5 Å². The van der Waals surface area contributed by atoms with E-state index in [1.807, 2.05) is 12.1 Å². The quantitative estimate of drug-likeness (QED) is 0.145. The molecule has 0 saturated carbocycles. The fourth-order valence-corrected chi connectivity index (χ4v) is 6.42. The van der Waals surface area contributed by atoms with Crippen LogP contribution >= 0.6 is 0 Å². The zero-order valence-electron chi connectivity index (χ0n) is 25.4. The first-order valence-electron chi connectivity index (χ1n) is 15.0. The van der Waals surface area contributed by atoms with Gasteiger partial charge in [-0.2, -0.15) is 0 Å². The summed E-state index contributed by atoms with van der Waals surface area (Å²) in [6.45, 7) is 4.43. The van der Waals surface area contributed by atoms with E-state index in [2.05, 4.69) is 64.1 Å². The number of nitrogens with zero attached hydrogens (tertiary/aromatic N) is 3. The van der Waals surface area contributed by atoms with E-state index in [0.717, 1.165) is 37.4 Å². The van der Waals surface area contributed by atoms with Gasteiger partial charge in [-0.05, 0) is 74.6 Å². The number of ether oxygens (including phenoxy) is 1. The van der Waals surface area contributed by atoms with E-state index < -0.39 is 29.0 Å². The highest BCUT2D eigenvalue weighted by atomic mass is 16.6.